The fourth-order valence-corrected chi connectivity index (χ4v) is 4.40. The highest BCUT2D eigenvalue weighted by Gasteiger charge is 2.22. The van der Waals surface area contributed by atoms with E-state index in [1.807, 2.05) is 41.8 Å². The smallest absolute Gasteiger partial charge is 0.341 e. The van der Waals surface area contributed by atoms with Crippen molar-refractivity contribution in [3.05, 3.63) is 70.6 Å². The SMILES string of the molecule is CCOC(=O)c1c(-c2ccc(CC)cc2)csc1NC(=O)CCCOc1ccc(CC)cc1. The number of ether oxygens (including phenoxy) is 2. The topological polar surface area (TPSA) is 64.6 Å². The van der Waals surface area contributed by atoms with Crippen molar-refractivity contribution in [2.75, 3.05) is 18.5 Å². The molecule has 0 aliphatic rings. The molecule has 3 aromatic rings. The molecule has 174 valence electrons. The van der Waals surface area contributed by atoms with E-state index >= 15 is 0 Å². The summed E-state index contributed by atoms with van der Waals surface area (Å²) in [6, 6.07) is 16.1. The van der Waals surface area contributed by atoms with Crippen molar-refractivity contribution in [3.8, 4) is 16.9 Å². The number of hydrogen-bond donors (Lipinski definition) is 1. The molecule has 1 aromatic heterocycles. The Hall–Kier alpha value is -3.12. The molecule has 0 aliphatic heterocycles. The van der Waals surface area contributed by atoms with Gasteiger partial charge in [0.05, 0.1) is 13.2 Å². The van der Waals surface area contributed by atoms with E-state index in [4.69, 9.17) is 9.47 Å². The normalized spacial score (nSPS) is 10.6. The van der Waals surface area contributed by atoms with Crippen molar-refractivity contribution in [1.29, 1.82) is 0 Å². The lowest BCUT2D eigenvalue weighted by molar-refractivity contribution is -0.116. The highest BCUT2D eigenvalue weighted by Crippen LogP contribution is 2.36. The van der Waals surface area contributed by atoms with Gasteiger partial charge in [-0.15, -0.1) is 11.3 Å². The molecule has 0 spiro atoms. The molecule has 33 heavy (non-hydrogen) atoms. The van der Waals surface area contributed by atoms with E-state index in [9.17, 15) is 9.59 Å². The molecule has 3 rings (SSSR count). The molecule has 0 radical (unpaired) electrons. The molecule has 5 nitrogen and oxygen atoms in total. The summed E-state index contributed by atoms with van der Waals surface area (Å²) in [6.07, 6.45) is 2.81. The summed E-state index contributed by atoms with van der Waals surface area (Å²) < 4.78 is 11.0. The van der Waals surface area contributed by atoms with Gasteiger partial charge in [0.25, 0.3) is 0 Å². The van der Waals surface area contributed by atoms with Gasteiger partial charge in [0, 0.05) is 17.4 Å². The molecular formula is C27H31NO4S. The first-order chi connectivity index (χ1) is 16.0. The van der Waals surface area contributed by atoms with Crippen LogP contribution >= 0.6 is 11.3 Å². The van der Waals surface area contributed by atoms with Crippen LogP contribution in [0.2, 0.25) is 0 Å². The summed E-state index contributed by atoms with van der Waals surface area (Å²) in [5.74, 6) is 0.219. The molecule has 1 amide bonds. The standard InChI is InChI=1S/C27H31NO4S/c1-4-19-9-13-21(14-10-19)23-18-33-26(25(23)27(30)31-6-3)28-24(29)8-7-17-32-22-15-11-20(5-2)12-16-22/h9-16,18H,4-8,17H2,1-3H3,(H,28,29). The van der Waals surface area contributed by atoms with Crippen molar-refractivity contribution >= 4 is 28.2 Å². The number of esters is 1. The first-order valence-electron chi connectivity index (χ1n) is 11.4. The van der Waals surface area contributed by atoms with Crippen molar-refractivity contribution in [3.63, 3.8) is 0 Å². The number of hydrogen-bond acceptors (Lipinski definition) is 5. The van der Waals surface area contributed by atoms with Gasteiger partial charge in [0.15, 0.2) is 0 Å². The summed E-state index contributed by atoms with van der Waals surface area (Å²) in [5, 5.41) is 5.31. The Bertz CT molecular complexity index is 1050. The van der Waals surface area contributed by atoms with Gasteiger partial charge >= 0.3 is 5.97 Å². The zero-order valence-corrected chi connectivity index (χ0v) is 20.3. The maximum absolute atomic E-state index is 12.7. The van der Waals surface area contributed by atoms with E-state index in [0.29, 0.717) is 30.0 Å². The Morgan fingerprint density at radius 2 is 1.55 bits per heavy atom. The van der Waals surface area contributed by atoms with E-state index in [1.165, 1.54) is 22.5 Å². The minimum absolute atomic E-state index is 0.153. The van der Waals surface area contributed by atoms with Gasteiger partial charge in [-0.2, -0.15) is 0 Å². The highest BCUT2D eigenvalue weighted by molar-refractivity contribution is 7.15. The van der Waals surface area contributed by atoms with Crippen LogP contribution in [0.5, 0.6) is 5.75 Å². The molecule has 6 heteroatoms. The van der Waals surface area contributed by atoms with Gasteiger partial charge in [-0.1, -0.05) is 50.2 Å². The van der Waals surface area contributed by atoms with E-state index < -0.39 is 5.97 Å². The number of thiophene rings is 1. The minimum Gasteiger partial charge on any atom is -0.494 e. The van der Waals surface area contributed by atoms with Crippen LogP contribution in [0.3, 0.4) is 0 Å². The quantitative estimate of drug-likeness (QED) is 0.259. The largest absolute Gasteiger partial charge is 0.494 e. The van der Waals surface area contributed by atoms with E-state index in [-0.39, 0.29) is 12.5 Å². The Morgan fingerprint density at radius 3 is 2.15 bits per heavy atom. The average molecular weight is 466 g/mol. The van der Waals surface area contributed by atoms with E-state index in [2.05, 4.69) is 31.3 Å². The Kier molecular flexibility index (Phi) is 9.07. The second kappa shape index (κ2) is 12.2. The maximum Gasteiger partial charge on any atom is 0.341 e. The molecule has 1 heterocycles. The Labute approximate surface area is 199 Å². The number of rotatable bonds is 11. The molecule has 0 aliphatic carbocycles. The second-order valence-corrected chi connectivity index (χ2v) is 8.50. The highest BCUT2D eigenvalue weighted by atomic mass is 32.1. The zero-order valence-electron chi connectivity index (χ0n) is 19.5. The van der Waals surface area contributed by atoms with Crippen LogP contribution in [0.25, 0.3) is 11.1 Å². The third kappa shape index (κ3) is 6.68. The molecule has 0 unspecified atom stereocenters. The fraction of sp³-hybridized carbons (Fsp3) is 0.333. The van der Waals surface area contributed by atoms with Gasteiger partial charge in [0.1, 0.15) is 16.3 Å². The monoisotopic (exact) mass is 465 g/mol. The first-order valence-corrected chi connectivity index (χ1v) is 12.3. The van der Waals surface area contributed by atoms with Gasteiger partial charge in [-0.25, -0.2) is 4.79 Å². The molecule has 0 saturated carbocycles. The number of aryl methyl sites for hydroxylation is 2. The lowest BCUT2D eigenvalue weighted by Crippen LogP contribution is -2.15. The predicted molar refractivity (Wildman–Crippen MR) is 134 cm³/mol. The van der Waals surface area contributed by atoms with Crippen molar-refractivity contribution < 1.29 is 19.1 Å². The molecule has 0 bridgehead atoms. The maximum atomic E-state index is 12.7. The number of carbonyl (C=O) groups is 2. The predicted octanol–water partition coefficient (Wildman–Crippen LogP) is 6.51. The molecule has 0 fully saturated rings. The molecule has 0 saturated heterocycles. The number of nitrogens with one attached hydrogen (secondary N) is 1. The van der Waals surface area contributed by atoms with Crippen molar-refractivity contribution in [1.82, 2.24) is 0 Å². The van der Waals surface area contributed by atoms with Crippen LogP contribution in [0.15, 0.2) is 53.9 Å². The van der Waals surface area contributed by atoms with Gasteiger partial charge in [-0.05, 0) is 55.0 Å². The van der Waals surface area contributed by atoms with E-state index in [0.717, 1.165) is 29.7 Å². The summed E-state index contributed by atoms with van der Waals surface area (Å²) in [5.41, 5.74) is 4.59. The van der Waals surface area contributed by atoms with Crippen LogP contribution in [-0.2, 0) is 22.4 Å². The van der Waals surface area contributed by atoms with Gasteiger partial charge in [-0.3, -0.25) is 4.79 Å². The molecular weight excluding hydrogens is 434 g/mol. The third-order valence-corrected chi connectivity index (χ3v) is 6.24. The third-order valence-electron chi connectivity index (χ3n) is 5.35. The molecule has 1 N–H and O–H groups in total. The number of carbonyl (C=O) groups excluding carboxylic acids is 2. The minimum atomic E-state index is -0.428. The Balaban J connectivity index is 1.63. The van der Waals surface area contributed by atoms with E-state index in [1.54, 1.807) is 6.92 Å². The Morgan fingerprint density at radius 1 is 0.909 bits per heavy atom. The second-order valence-electron chi connectivity index (χ2n) is 7.62. The van der Waals surface area contributed by atoms with Crippen molar-refractivity contribution in [2.24, 2.45) is 0 Å². The van der Waals surface area contributed by atoms with Crippen LogP contribution in [0.4, 0.5) is 5.00 Å². The number of anilines is 1. The van der Waals surface area contributed by atoms with Crippen LogP contribution < -0.4 is 10.1 Å². The number of amides is 1. The first kappa shape index (κ1) is 24.5. The zero-order chi connectivity index (χ0) is 23.6. The number of benzene rings is 2. The van der Waals surface area contributed by atoms with Crippen LogP contribution in [-0.4, -0.2) is 25.1 Å². The average Bonchev–Trinajstić information content (AvgIpc) is 3.26. The summed E-state index contributed by atoms with van der Waals surface area (Å²) in [4.78, 5) is 25.3. The van der Waals surface area contributed by atoms with Gasteiger partial charge < -0.3 is 14.8 Å². The summed E-state index contributed by atoms with van der Waals surface area (Å²) >= 11 is 1.34. The lowest BCUT2D eigenvalue weighted by atomic mass is 10.0. The van der Waals surface area contributed by atoms with Crippen molar-refractivity contribution in [2.45, 2.75) is 46.5 Å². The molecule has 0 atom stereocenters. The lowest BCUT2D eigenvalue weighted by Gasteiger charge is -2.10. The fourth-order valence-electron chi connectivity index (χ4n) is 3.42. The van der Waals surface area contributed by atoms with Crippen LogP contribution in [0.1, 0.15) is 55.1 Å². The van der Waals surface area contributed by atoms with Crippen LogP contribution in [0, 0.1) is 0 Å². The summed E-state index contributed by atoms with van der Waals surface area (Å²) in [7, 11) is 0. The summed E-state index contributed by atoms with van der Waals surface area (Å²) in [6.45, 7) is 6.70. The van der Waals surface area contributed by atoms with Gasteiger partial charge in [0.2, 0.25) is 5.91 Å². The molecule has 2 aromatic carbocycles.